The molecule has 1 amide bonds. The highest BCUT2D eigenvalue weighted by molar-refractivity contribution is 7.92. The van der Waals surface area contributed by atoms with Gasteiger partial charge in [0.15, 0.2) is 0 Å². The molecule has 0 spiro atoms. The number of anilines is 1. The molecule has 1 aliphatic heterocycles. The molecular weight excluding hydrogens is 522 g/mol. The molecule has 11 heteroatoms. The van der Waals surface area contributed by atoms with E-state index in [2.05, 4.69) is 4.72 Å². The Labute approximate surface area is 216 Å². The van der Waals surface area contributed by atoms with E-state index < -0.39 is 10.0 Å². The van der Waals surface area contributed by atoms with E-state index in [-0.39, 0.29) is 33.5 Å². The molecule has 0 saturated carbocycles. The van der Waals surface area contributed by atoms with Gasteiger partial charge in [0.05, 0.1) is 46.1 Å². The number of carbonyl (C=O) groups is 1. The molecule has 3 aromatic carbocycles. The SMILES string of the molecule is O=C(c1ccccc1NS(=O)(=O)c1ccc2c(c1)sc(=O)n2Cc1ccccc1Cl)N1CCOCC1. The van der Waals surface area contributed by atoms with Gasteiger partial charge in [-0.2, -0.15) is 0 Å². The number of ether oxygens (including phenoxy) is 1. The lowest BCUT2D eigenvalue weighted by Crippen LogP contribution is -2.41. The lowest BCUT2D eigenvalue weighted by atomic mass is 10.1. The van der Waals surface area contributed by atoms with Crippen LogP contribution < -0.4 is 9.60 Å². The van der Waals surface area contributed by atoms with Crippen LogP contribution in [0.25, 0.3) is 10.2 Å². The molecular formula is C25H22ClN3O5S2. The van der Waals surface area contributed by atoms with Gasteiger partial charge in [-0.05, 0) is 42.0 Å². The topological polar surface area (TPSA) is 97.7 Å². The first kappa shape index (κ1) is 24.5. The zero-order valence-electron chi connectivity index (χ0n) is 19.0. The second-order valence-corrected chi connectivity index (χ2v) is 11.3. The summed E-state index contributed by atoms with van der Waals surface area (Å²) in [7, 11) is -4.03. The zero-order valence-corrected chi connectivity index (χ0v) is 21.4. The summed E-state index contributed by atoms with van der Waals surface area (Å²) in [5, 5.41) is 0.553. The van der Waals surface area contributed by atoms with E-state index in [1.807, 2.05) is 18.2 Å². The van der Waals surface area contributed by atoms with Crippen molar-refractivity contribution in [2.45, 2.75) is 11.4 Å². The quantitative estimate of drug-likeness (QED) is 0.396. The van der Waals surface area contributed by atoms with Gasteiger partial charge in [-0.3, -0.25) is 18.9 Å². The Morgan fingerprint density at radius 2 is 1.75 bits per heavy atom. The van der Waals surface area contributed by atoms with Crippen molar-refractivity contribution in [3.8, 4) is 0 Å². The number of hydrogen-bond acceptors (Lipinski definition) is 6. The van der Waals surface area contributed by atoms with Crippen LogP contribution in [-0.2, 0) is 21.3 Å². The Bertz CT molecular complexity index is 1610. The first-order valence-corrected chi connectivity index (χ1v) is 13.9. The van der Waals surface area contributed by atoms with Crippen molar-refractivity contribution in [3.05, 3.63) is 92.5 Å². The van der Waals surface area contributed by atoms with Crippen molar-refractivity contribution < 1.29 is 17.9 Å². The van der Waals surface area contributed by atoms with E-state index in [1.54, 1.807) is 45.9 Å². The van der Waals surface area contributed by atoms with E-state index in [9.17, 15) is 18.0 Å². The highest BCUT2D eigenvalue weighted by Crippen LogP contribution is 2.27. The molecule has 0 atom stereocenters. The molecule has 0 radical (unpaired) electrons. The summed E-state index contributed by atoms with van der Waals surface area (Å²) in [5.74, 6) is -0.262. The van der Waals surface area contributed by atoms with Crippen molar-refractivity contribution in [1.82, 2.24) is 9.47 Å². The van der Waals surface area contributed by atoms with E-state index >= 15 is 0 Å². The van der Waals surface area contributed by atoms with Gasteiger partial charge >= 0.3 is 4.87 Å². The maximum absolute atomic E-state index is 13.3. The van der Waals surface area contributed by atoms with Crippen LogP contribution in [0.3, 0.4) is 0 Å². The first-order chi connectivity index (χ1) is 17.3. The van der Waals surface area contributed by atoms with E-state index in [1.165, 1.54) is 12.1 Å². The number of aromatic nitrogens is 1. The third kappa shape index (κ3) is 4.90. The van der Waals surface area contributed by atoms with Crippen LogP contribution in [0.1, 0.15) is 15.9 Å². The number of thiazole rings is 1. The monoisotopic (exact) mass is 543 g/mol. The molecule has 2 heterocycles. The second kappa shape index (κ2) is 10.1. The smallest absolute Gasteiger partial charge is 0.308 e. The summed E-state index contributed by atoms with van der Waals surface area (Å²) in [5.41, 5.74) is 1.87. The predicted molar refractivity (Wildman–Crippen MR) is 141 cm³/mol. The molecule has 1 aliphatic rings. The molecule has 1 N–H and O–H groups in total. The third-order valence-electron chi connectivity index (χ3n) is 5.94. The molecule has 0 bridgehead atoms. The fraction of sp³-hybridized carbons (Fsp3) is 0.200. The lowest BCUT2D eigenvalue weighted by molar-refractivity contribution is 0.0303. The number of nitrogens with zero attached hydrogens (tertiary/aromatic N) is 2. The summed E-state index contributed by atoms with van der Waals surface area (Å²) in [6, 6.07) is 18.3. The van der Waals surface area contributed by atoms with Crippen molar-refractivity contribution in [1.29, 1.82) is 0 Å². The van der Waals surface area contributed by atoms with Crippen LogP contribution in [0, 0.1) is 0 Å². The fourth-order valence-electron chi connectivity index (χ4n) is 4.06. The minimum atomic E-state index is -4.03. The average Bonchev–Trinajstić information content (AvgIpc) is 3.19. The predicted octanol–water partition coefficient (Wildman–Crippen LogP) is 4.04. The summed E-state index contributed by atoms with van der Waals surface area (Å²) in [6.45, 7) is 2.05. The number of hydrogen-bond donors (Lipinski definition) is 1. The molecule has 36 heavy (non-hydrogen) atoms. The Morgan fingerprint density at radius 1 is 1.03 bits per heavy atom. The first-order valence-electron chi connectivity index (χ1n) is 11.2. The summed E-state index contributed by atoms with van der Waals surface area (Å²) < 4.78 is 36.5. The van der Waals surface area contributed by atoms with Crippen molar-refractivity contribution >= 4 is 54.8 Å². The Balaban J connectivity index is 1.44. The number of carbonyl (C=O) groups excluding carboxylic acids is 1. The van der Waals surface area contributed by atoms with Gasteiger partial charge in [-0.25, -0.2) is 8.42 Å². The maximum Gasteiger partial charge on any atom is 0.308 e. The van der Waals surface area contributed by atoms with Crippen molar-refractivity contribution in [3.63, 3.8) is 0 Å². The number of morpholine rings is 1. The highest BCUT2D eigenvalue weighted by atomic mass is 35.5. The van der Waals surface area contributed by atoms with E-state index in [0.717, 1.165) is 16.9 Å². The minimum absolute atomic E-state index is 0.00484. The number of fused-ring (bicyclic) bond motifs is 1. The number of sulfonamides is 1. The van der Waals surface area contributed by atoms with Crippen LogP contribution >= 0.6 is 22.9 Å². The van der Waals surface area contributed by atoms with Gasteiger partial charge in [0.2, 0.25) is 0 Å². The maximum atomic E-state index is 13.3. The molecule has 1 saturated heterocycles. The van der Waals surface area contributed by atoms with Gasteiger partial charge < -0.3 is 9.64 Å². The van der Waals surface area contributed by atoms with Crippen LogP contribution in [0.4, 0.5) is 5.69 Å². The summed E-state index contributed by atoms with van der Waals surface area (Å²) >= 11 is 7.23. The van der Waals surface area contributed by atoms with Crippen molar-refractivity contribution in [2.75, 3.05) is 31.0 Å². The molecule has 1 fully saturated rings. The van der Waals surface area contributed by atoms with Gasteiger partial charge in [0, 0.05) is 18.1 Å². The van der Waals surface area contributed by atoms with Crippen LogP contribution in [-0.4, -0.2) is 50.1 Å². The van der Waals surface area contributed by atoms with Gasteiger partial charge in [0.25, 0.3) is 15.9 Å². The third-order valence-corrected chi connectivity index (χ3v) is 8.61. The molecule has 4 aromatic rings. The molecule has 0 aliphatic carbocycles. The molecule has 1 aromatic heterocycles. The number of amides is 1. The number of rotatable bonds is 6. The van der Waals surface area contributed by atoms with Crippen LogP contribution in [0.2, 0.25) is 5.02 Å². The molecule has 186 valence electrons. The number of benzene rings is 3. The lowest BCUT2D eigenvalue weighted by Gasteiger charge is -2.27. The molecule has 8 nitrogen and oxygen atoms in total. The Hall–Kier alpha value is -3.18. The normalized spacial score (nSPS) is 14.2. The zero-order chi connectivity index (χ0) is 25.3. The Kier molecular flexibility index (Phi) is 6.85. The van der Waals surface area contributed by atoms with Gasteiger partial charge in [-0.1, -0.05) is 53.3 Å². The Morgan fingerprint density at radius 3 is 2.53 bits per heavy atom. The van der Waals surface area contributed by atoms with Gasteiger partial charge in [0.1, 0.15) is 0 Å². The number of para-hydroxylation sites is 1. The highest BCUT2D eigenvalue weighted by Gasteiger charge is 2.24. The summed E-state index contributed by atoms with van der Waals surface area (Å²) in [6.07, 6.45) is 0. The molecule has 5 rings (SSSR count). The standard InChI is InChI=1S/C25H22ClN3O5S2/c26-20-7-3-1-5-17(20)16-29-22-10-9-18(15-23(22)35-25(29)31)36(32,33)27-21-8-4-2-6-19(21)24(30)28-11-13-34-14-12-28/h1-10,15,27H,11-14,16H2. The number of halogens is 1. The minimum Gasteiger partial charge on any atom is -0.378 e. The number of nitrogens with one attached hydrogen (secondary N) is 1. The fourth-order valence-corrected chi connectivity index (χ4v) is 6.37. The average molecular weight is 544 g/mol. The summed E-state index contributed by atoms with van der Waals surface area (Å²) in [4.78, 5) is 27.1. The van der Waals surface area contributed by atoms with E-state index in [0.29, 0.717) is 41.5 Å². The van der Waals surface area contributed by atoms with Crippen LogP contribution in [0.15, 0.2) is 76.4 Å². The van der Waals surface area contributed by atoms with Crippen LogP contribution in [0.5, 0.6) is 0 Å². The second-order valence-electron chi connectivity index (χ2n) is 8.23. The largest absolute Gasteiger partial charge is 0.378 e. The van der Waals surface area contributed by atoms with E-state index in [4.69, 9.17) is 16.3 Å². The van der Waals surface area contributed by atoms with Gasteiger partial charge in [-0.15, -0.1) is 0 Å². The molecule has 0 unspecified atom stereocenters. The van der Waals surface area contributed by atoms with Crippen molar-refractivity contribution in [2.24, 2.45) is 0 Å².